The lowest BCUT2D eigenvalue weighted by Crippen LogP contribution is -2.69. The van der Waals surface area contributed by atoms with Gasteiger partial charge >= 0.3 is 0 Å². The quantitative estimate of drug-likeness (QED) is 0.0775. The number of allylic oxidation sites excluding steroid dienone is 1. The van der Waals surface area contributed by atoms with Crippen LogP contribution < -0.4 is 31.1 Å². The van der Waals surface area contributed by atoms with Gasteiger partial charge in [0.25, 0.3) is 25.0 Å². The Morgan fingerprint density at radius 1 is 0.514 bits per heavy atom. The zero-order valence-corrected chi connectivity index (χ0v) is 46.5. The lowest BCUT2D eigenvalue weighted by Gasteiger charge is -2.51. The maximum absolute atomic E-state index is 11.7. The first kappa shape index (κ1) is 51.6. The number of benzene rings is 6. The molecule has 8 rings (SSSR count). The van der Waals surface area contributed by atoms with E-state index in [9.17, 15) is 5.11 Å². The molecule has 0 saturated heterocycles. The van der Waals surface area contributed by atoms with Crippen LogP contribution in [0.25, 0.3) is 0 Å². The summed E-state index contributed by atoms with van der Waals surface area (Å²) in [5, 5.41) is 18.6. The Kier molecular flexibility index (Phi) is 15.3. The number of fused-ring (bicyclic) bond motifs is 2. The molecule has 0 aromatic heterocycles. The first-order valence-corrected chi connectivity index (χ1v) is 31.5. The van der Waals surface area contributed by atoms with Gasteiger partial charge < -0.3 is 18.4 Å². The fourth-order valence-corrected chi connectivity index (χ4v) is 26.6. The van der Waals surface area contributed by atoms with E-state index < -0.39 is 30.4 Å². The lowest BCUT2D eigenvalue weighted by molar-refractivity contribution is 0.0777. The third-order valence-corrected chi connectivity index (χ3v) is 31.0. The summed E-state index contributed by atoms with van der Waals surface area (Å²) in [6.07, 6.45) is 5.38. The molecule has 0 spiro atoms. The molecular formula is C63H78O4Si3. The predicted octanol–water partition coefficient (Wildman–Crippen LogP) is 11.4. The highest BCUT2D eigenvalue weighted by Gasteiger charge is 2.59. The van der Waals surface area contributed by atoms with Gasteiger partial charge in [0, 0.05) is 37.1 Å². The molecule has 0 heterocycles. The Bertz CT molecular complexity index is 2540. The summed E-state index contributed by atoms with van der Waals surface area (Å²) in [4.78, 5) is 0. The number of aliphatic hydroxyl groups excluding tert-OH is 1. The Labute approximate surface area is 424 Å². The van der Waals surface area contributed by atoms with Crippen LogP contribution in [-0.4, -0.2) is 56.0 Å². The van der Waals surface area contributed by atoms with Crippen LogP contribution in [0.5, 0.6) is 0 Å². The van der Waals surface area contributed by atoms with E-state index in [1.165, 1.54) is 36.7 Å². The Hall–Kier alpha value is -4.71. The molecule has 4 nitrogen and oxygen atoms in total. The second kappa shape index (κ2) is 20.8. The molecule has 70 heavy (non-hydrogen) atoms. The van der Waals surface area contributed by atoms with Gasteiger partial charge in [-0.25, -0.2) is 0 Å². The van der Waals surface area contributed by atoms with Crippen LogP contribution in [0.1, 0.15) is 88.0 Å². The molecule has 6 aromatic rings. The van der Waals surface area contributed by atoms with E-state index in [1.807, 2.05) is 0 Å². The average Bonchev–Trinajstić information content (AvgIpc) is 3.40. The van der Waals surface area contributed by atoms with Crippen molar-refractivity contribution in [2.24, 2.45) is 17.3 Å². The number of hydrogen-bond acceptors (Lipinski definition) is 4. The van der Waals surface area contributed by atoms with Crippen LogP contribution >= 0.6 is 0 Å². The maximum atomic E-state index is 11.7. The molecule has 1 N–H and O–H groups in total. The number of aliphatic hydroxyl groups is 1. The molecule has 0 radical (unpaired) electrons. The molecular weight excluding hydrogens is 905 g/mol. The SMILES string of the molecule is C=C1[C@H](CO)C[C@@](CCO[Si](c2ccccc2)(c2ccccc2)C(C)(C)C)(CO[Si](c2ccccc2)(c2ccccc2)C(C)(C)C)C2=CCC[C@H]1[C@@H]2O[Si](c1ccccc1)(c1ccccc1)C(C)(C)C. The van der Waals surface area contributed by atoms with Crippen molar-refractivity contribution in [1.82, 2.24) is 0 Å². The topological polar surface area (TPSA) is 47.9 Å². The van der Waals surface area contributed by atoms with Crippen LogP contribution in [0.4, 0.5) is 0 Å². The normalized spacial score (nSPS) is 20.4. The van der Waals surface area contributed by atoms with Crippen LogP contribution in [-0.2, 0) is 13.3 Å². The third-order valence-electron chi connectivity index (χ3n) is 16.0. The molecule has 0 unspecified atom stereocenters. The minimum absolute atomic E-state index is 0.00504. The molecule has 2 bridgehead atoms. The second-order valence-electron chi connectivity index (χ2n) is 23.2. The van der Waals surface area contributed by atoms with Crippen LogP contribution in [0.2, 0.25) is 15.1 Å². The van der Waals surface area contributed by atoms with E-state index in [2.05, 4.69) is 250 Å². The van der Waals surface area contributed by atoms with Gasteiger partial charge in [-0.2, -0.15) is 0 Å². The smallest absolute Gasteiger partial charge is 0.261 e. The highest BCUT2D eigenvalue weighted by molar-refractivity contribution is 7.00. The molecule has 1 saturated carbocycles. The van der Waals surface area contributed by atoms with Crippen molar-refractivity contribution in [1.29, 1.82) is 0 Å². The molecule has 1 fully saturated rings. The molecule has 6 aromatic carbocycles. The first-order valence-electron chi connectivity index (χ1n) is 25.7. The van der Waals surface area contributed by atoms with Gasteiger partial charge in [-0.1, -0.05) is 263 Å². The zero-order valence-electron chi connectivity index (χ0n) is 43.5. The second-order valence-corrected chi connectivity index (χ2v) is 36.1. The summed E-state index contributed by atoms with van der Waals surface area (Å²) in [7, 11) is -9.15. The average molecular weight is 984 g/mol. The summed E-state index contributed by atoms with van der Waals surface area (Å²) < 4.78 is 24.6. The van der Waals surface area contributed by atoms with Crippen molar-refractivity contribution >= 4 is 56.1 Å². The monoisotopic (exact) mass is 983 g/mol. The fraction of sp³-hybridized carbons (Fsp3) is 0.365. The van der Waals surface area contributed by atoms with Crippen molar-refractivity contribution in [3.8, 4) is 0 Å². The van der Waals surface area contributed by atoms with Gasteiger partial charge in [0.1, 0.15) is 0 Å². The van der Waals surface area contributed by atoms with Crippen molar-refractivity contribution < 1.29 is 18.4 Å². The fourth-order valence-electron chi connectivity index (χ4n) is 12.7. The Balaban J connectivity index is 1.36. The van der Waals surface area contributed by atoms with E-state index in [-0.39, 0.29) is 39.7 Å². The summed E-state index contributed by atoms with van der Waals surface area (Å²) in [5.41, 5.74) is 1.77. The maximum Gasteiger partial charge on any atom is 0.261 e. The zero-order chi connectivity index (χ0) is 49.8. The summed E-state index contributed by atoms with van der Waals surface area (Å²) in [6, 6.07) is 66.2. The largest absolute Gasteiger partial charge is 0.407 e. The van der Waals surface area contributed by atoms with Crippen LogP contribution in [0, 0.1) is 17.3 Å². The van der Waals surface area contributed by atoms with E-state index in [0.29, 0.717) is 26.1 Å². The van der Waals surface area contributed by atoms with Crippen molar-refractivity contribution in [2.75, 3.05) is 19.8 Å². The van der Waals surface area contributed by atoms with Crippen molar-refractivity contribution in [2.45, 2.75) is 109 Å². The Morgan fingerprint density at radius 2 is 0.857 bits per heavy atom. The van der Waals surface area contributed by atoms with Crippen LogP contribution in [0.3, 0.4) is 0 Å². The predicted molar refractivity (Wildman–Crippen MR) is 302 cm³/mol. The highest BCUT2D eigenvalue weighted by atomic mass is 28.4. The van der Waals surface area contributed by atoms with Gasteiger partial charge in [-0.05, 0) is 77.5 Å². The van der Waals surface area contributed by atoms with Crippen molar-refractivity contribution in [3.63, 3.8) is 0 Å². The van der Waals surface area contributed by atoms with E-state index in [4.69, 9.17) is 19.9 Å². The molecule has 0 aliphatic heterocycles. The molecule has 2 aliphatic rings. The van der Waals surface area contributed by atoms with Gasteiger partial charge in [-0.15, -0.1) is 0 Å². The third kappa shape index (κ3) is 9.44. The van der Waals surface area contributed by atoms with Gasteiger partial charge in [0.2, 0.25) is 0 Å². The van der Waals surface area contributed by atoms with E-state index in [1.54, 1.807) is 0 Å². The lowest BCUT2D eigenvalue weighted by atomic mass is 9.70. The minimum atomic E-state index is -3.12. The van der Waals surface area contributed by atoms with E-state index >= 15 is 0 Å². The van der Waals surface area contributed by atoms with Gasteiger partial charge in [-0.3, -0.25) is 0 Å². The minimum Gasteiger partial charge on any atom is -0.407 e. The summed E-state index contributed by atoms with van der Waals surface area (Å²) in [5.74, 6) is -0.166. The molecule has 2 aliphatic carbocycles. The number of rotatable bonds is 16. The van der Waals surface area contributed by atoms with E-state index in [0.717, 1.165) is 18.4 Å². The first-order chi connectivity index (χ1) is 33.5. The standard InChI is InChI=1S/C63H78O4Si3/c1-49-50(47-64)46-63(48-66-69(61(5,6)7,53-34-21-13-22-35-53)54-36-23-14-24-37-54,44-45-65-68(60(2,3)4,51-30-17-11-18-31-51)52-32-19-12-20-33-52)58-43-29-42-57(49)59(58)67-70(62(8,9)10,55-38-25-15-26-39-55)56-40-27-16-28-41-56/h11-28,30-41,43,50,57,59,64H,1,29,42,44-48H2,2-10H3/t50-,57+,59-,63-/m0/s1. The highest BCUT2D eigenvalue weighted by Crippen LogP contribution is 2.55. The van der Waals surface area contributed by atoms with Gasteiger partial charge in [0.05, 0.1) is 6.10 Å². The molecule has 0 amide bonds. The summed E-state index contributed by atoms with van der Waals surface area (Å²) in [6.45, 7) is 27.2. The van der Waals surface area contributed by atoms with Gasteiger partial charge in [0.15, 0.2) is 0 Å². The Morgan fingerprint density at radius 3 is 1.20 bits per heavy atom. The molecule has 4 atom stereocenters. The molecule has 7 heteroatoms. The van der Waals surface area contributed by atoms with Crippen molar-refractivity contribution in [3.05, 3.63) is 206 Å². The van der Waals surface area contributed by atoms with Crippen LogP contribution in [0.15, 0.2) is 206 Å². The number of hydrogen-bond donors (Lipinski definition) is 1. The molecule has 366 valence electrons. The summed E-state index contributed by atoms with van der Waals surface area (Å²) >= 11 is 0.